The second kappa shape index (κ2) is 4.64. The summed E-state index contributed by atoms with van der Waals surface area (Å²) in [6.07, 6.45) is 0. The minimum absolute atomic E-state index is 0.386. The molecular formula is C11H12N2O3. The molecule has 0 radical (unpaired) electrons. The highest BCUT2D eigenvalue weighted by molar-refractivity contribution is 5.83. The lowest BCUT2D eigenvalue weighted by Crippen LogP contribution is -2.43. The van der Waals surface area contributed by atoms with Gasteiger partial charge in [0.05, 0.1) is 11.6 Å². The van der Waals surface area contributed by atoms with Crippen molar-refractivity contribution in [3.63, 3.8) is 0 Å². The zero-order chi connectivity index (χ0) is 12.2. The van der Waals surface area contributed by atoms with Gasteiger partial charge in [-0.3, -0.25) is 4.79 Å². The normalized spacial score (nSPS) is 10.4. The van der Waals surface area contributed by atoms with Crippen LogP contribution in [0.4, 0.5) is 0 Å². The van der Waals surface area contributed by atoms with Crippen LogP contribution in [0.2, 0.25) is 0 Å². The smallest absolute Gasteiger partial charge is 0.283 e. The molecule has 0 spiro atoms. The lowest BCUT2D eigenvalue weighted by atomic mass is 10.1. The number of nitriles is 1. The van der Waals surface area contributed by atoms with Crippen LogP contribution in [0.5, 0.6) is 5.75 Å². The summed E-state index contributed by atoms with van der Waals surface area (Å²) in [5.41, 5.74) is 1.11. The highest BCUT2D eigenvalue weighted by Crippen LogP contribution is 2.10. The Bertz CT molecular complexity index is 412. The third kappa shape index (κ3) is 3.26. The number of hydroxylamine groups is 1. The number of carbonyl (C=O) groups excluding carboxylic acids is 1. The molecule has 84 valence electrons. The fraction of sp³-hybridized carbons (Fsp3) is 0.273. The Balaban J connectivity index is 2.56. The molecule has 1 aromatic rings. The van der Waals surface area contributed by atoms with Crippen molar-refractivity contribution < 1.29 is 14.7 Å². The standard InChI is InChI=1S/C11H12N2O3/c1-11(2,15)10(14)13-16-9-5-3-8(7-12)4-6-9/h3-6,15H,1-2H3,(H,13,14). The van der Waals surface area contributed by atoms with Crippen LogP contribution in [0.15, 0.2) is 24.3 Å². The Kier molecular flexibility index (Phi) is 3.48. The molecule has 0 aliphatic carbocycles. The highest BCUT2D eigenvalue weighted by atomic mass is 16.7. The molecule has 2 N–H and O–H groups in total. The van der Waals surface area contributed by atoms with E-state index >= 15 is 0 Å². The van der Waals surface area contributed by atoms with Crippen molar-refractivity contribution in [3.05, 3.63) is 29.8 Å². The second-order valence-corrected chi connectivity index (χ2v) is 3.73. The van der Waals surface area contributed by atoms with Crippen molar-refractivity contribution in [1.29, 1.82) is 5.26 Å². The Hall–Kier alpha value is -2.06. The molecule has 0 bridgehead atoms. The van der Waals surface area contributed by atoms with Gasteiger partial charge in [-0.1, -0.05) is 0 Å². The van der Waals surface area contributed by atoms with Crippen LogP contribution in [-0.2, 0) is 4.79 Å². The molecule has 0 unspecified atom stereocenters. The van der Waals surface area contributed by atoms with Crippen molar-refractivity contribution in [3.8, 4) is 11.8 Å². The fourth-order valence-corrected chi connectivity index (χ4v) is 0.828. The number of nitrogens with one attached hydrogen (secondary N) is 1. The van der Waals surface area contributed by atoms with Gasteiger partial charge in [0, 0.05) is 0 Å². The molecule has 1 rings (SSSR count). The average molecular weight is 220 g/mol. The SMILES string of the molecule is CC(C)(O)C(=O)NOc1ccc(C#N)cc1. The topological polar surface area (TPSA) is 82.3 Å². The minimum atomic E-state index is -1.49. The molecule has 1 amide bonds. The maximum Gasteiger partial charge on any atom is 0.283 e. The van der Waals surface area contributed by atoms with Gasteiger partial charge in [-0.2, -0.15) is 10.7 Å². The van der Waals surface area contributed by atoms with Crippen LogP contribution in [0.3, 0.4) is 0 Å². The quantitative estimate of drug-likeness (QED) is 0.736. The van der Waals surface area contributed by atoms with Crippen LogP contribution in [0.1, 0.15) is 19.4 Å². The van der Waals surface area contributed by atoms with E-state index < -0.39 is 11.5 Å². The van der Waals surface area contributed by atoms with Gasteiger partial charge in [0.25, 0.3) is 5.91 Å². The molecule has 16 heavy (non-hydrogen) atoms. The number of hydrogen-bond acceptors (Lipinski definition) is 4. The highest BCUT2D eigenvalue weighted by Gasteiger charge is 2.24. The molecule has 0 atom stereocenters. The Morgan fingerprint density at radius 3 is 2.44 bits per heavy atom. The van der Waals surface area contributed by atoms with E-state index in [0.29, 0.717) is 11.3 Å². The summed E-state index contributed by atoms with van der Waals surface area (Å²) in [5.74, 6) is -0.256. The van der Waals surface area contributed by atoms with Gasteiger partial charge in [-0.15, -0.1) is 0 Å². The number of rotatable bonds is 3. The number of benzene rings is 1. The van der Waals surface area contributed by atoms with E-state index in [2.05, 4.69) is 5.48 Å². The molecule has 0 aliphatic rings. The van der Waals surface area contributed by atoms with Crippen molar-refractivity contribution in [1.82, 2.24) is 5.48 Å². The van der Waals surface area contributed by atoms with E-state index in [1.807, 2.05) is 6.07 Å². The van der Waals surface area contributed by atoms with Gasteiger partial charge in [0.1, 0.15) is 5.60 Å². The molecule has 0 heterocycles. The predicted octanol–water partition coefficient (Wildman–Crippen LogP) is 0.739. The van der Waals surface area contributed by atoms with Gasteiger partial charge in [-0.25, -0.2) is 0 Å². The van der Waals surface area contributed by atoms with Crippen molar-refractivity contribution >= 4 is 5.91 Å². The van der Waals surface area contributed by atoms with Gasteiger partial charge in [0.2, 0.25) is 0 Å². The first-order valence-electron chi connectivity index (χ1n) is 4.63. The van der Waals surface area contributed by atoms with Crippen molar-refractivity contribution in [2.75, 3.05) is 0 Å². The van der Waals surface area contributed by atoms with E-state index in [1.165, 1.54) is 13.8 Å². The van der Waals surface area contributed by atoms with Crippen LogP contribution in [-0.4, -0.2) is 16.6 Å². The van der Waals surface area contributed by atoms with Gasteiger partial charge >= 0.3 is 0 Å². The third-order valence-electron chi connectivity index (χ3n) is 1.80. The van der Waals surface area contributed by atoms with E-state index in [4.69, 9.17) is 10.1 Å². The monoisotopic (exact) mass is 220 g/mol. The van der Waals surface area contributed by atoms with E-state index in [-0.39, 0.29) is 0 Å². The van der Waals surface area contributed by atoms with Gasteiger partial charge in [-0.05, 0) is 38.1 Å². The summed E-state index contributed by atoms with van der Waals surface area (Å²) in [5, 5.41) is 17.9. The fourth-order valence-electron chi connectivity index (χ4n) is 0.828. The molecule has 0 aromatic heterocycles. The largest absolute Gasteiger partial charge is 0.380 e. The summed E-state index contributed by atoms with van der Waals surface area (Å²) >= 11 is 0. The average Bonchev–Trinajstić information content (AvgIpc) is 2.25. The summed E-state index contributed by atoms with van der Waals surface area (Å²) in [6, 6.07) is 8.17. The Morgan fingerprint density at radius 1 is 1.44 bits per heavy atom. The van der Waals surface area contributed by atoms with Crippen molar-refractivity contribution in [2.24, 2.45) is 0 Å². The van der Waals surface area contributed by atoms with Gasteiger partial charge in [0.15, 0.2) is 5.75 Å². The Morgan fingerprint density at radius 2 is 2.00 bits per heavy atom. The molecule has 5 heteroatoms. The van der Waals surface area contributed by atoms with Gasteiger partial charge < -0.3 is 9.94 Å². The first-order chi connectivity index (χ1) is 7.43. The zero-order valence-corrected chi connectivity index (χ0v) is 9.02. The number of hydrogen-bond donors (Lipinski definition) is 2. The molecular weight excluding hydrogens is 208 g/mol. The van der Waals surface area contributed by atoms with E-state index in [0.717, 1.165) is 0 Å². The lowest BCUT2D eigenvalue weighted by molar-refractivity contribution is -0.143. The number of aliphatic hydroxyl groups is 1. The first kappa shape index (κ1) is 12.0. The number of amides is 1. The molecule has 1 aromatic carbocycles. The molecule has 5 nitrogen and oxygen atoms in total. The minimum Gasteiger partial charge on any atom is -0.380 e. The van der Waals surface area contributed by atoms with E-state index in [9.17, 15) is 9.90 Å². The summed E-state index contributed by atoms with van der Waals surface area (Å²) in [7, 11) is 0. The van der Waals surface area contributed by atoms with E-state index in [1.54, 1.807) is 24.3 Å². The zero-order valence-electron chi connectivity index (χ0n) is 9.02. The summed E-state index contributed by atoms with van der Waals surface area (Å²) < 4.78 is 0. The van der Waals surface area contributed by atoms with Crippen LogP contribution >= 0.6 is 0 Å². The summed E-state index contributed by atoms with van der Waals surface area (Å²) in [4.78, 5) is 16.1. The molecule has 0 aliphatic heterocycles. The van der Waals surface area contributed by atoms with Crippen molar-refractivity contribution in [2.45, 2.75) is 19.4 Å². The molecule has 0 saturated heterocycles. The number of nitrogens with zero attached hydrogens (tertiary/aromatic N) is 1. The maximum atomic E-state index is 11.2. The maximum absolute atomic E-state index is 11.2. The molecule has 0 saturated carbocycles. The third-order valence-corrected chi connectivity index (χ3v) is 1.80. The predicted molar refractivity (Wildman–Crippen MR) is 56.2 cm³/mol. The second-order valence-electron chi connectivity index (χ2n) is 3.73. The molecule has 0 fully saturated rings. The number of carbonyl (C=O) groups is 1. The first-order valence-corrected chi connectivity index (χ1v) is 4.63. The van der Waals surface area contributed by atoms with Crippen LogP contribution < -0.4 is 10.3 Å². The lowest BCUT2D eigenvalue weighted by Gasteiger charge is -2.16. The van der Waals surface area contributed by atoms with Crippen LogP contribution in [0.25, 0.3) is 0 Å². The summed E-state index contributed by atoms with van der Waals surface area (Å²) in [6.45, 7) is 2.70. The Labute approximate surface area is 93.2 Å². The van der Waals surface area contributed by atoms with Crippen LogP contribution in [0, 0.1) is 11.3 Å².